The van der Waals surface area contributed by atoms with Gasteiger partial charge in [0.2, 0.25) is 5.91 Å². The fourth-order valence-corrected chi connectivity index (χ4v) is 6.09. The molecule has 0 bridgehead atoms. The fraction of sp³-hybridized carbons (Fsp3) is 0.132. The van der Waals surface area contributed by atoms with Gasteiger partial charge < -0.3 is 24.7 Å². The quantitative estimate of drug-likeness (QED) is 0.125. The first kappa shape index (κ1) is 31.4. The molecule has 5 aromatic rings. The highest BCUT2D eigenvalue weighted by Gasteiger charge is 2.21. The maximum absolute atomic E-state index is 13.5. The second kappa shape index (κ2) is 14.7. The number of hydrogen-bond acceptors (Lipinski definition) is 6. The number of methoxy groups -OCH3 is 1. The molecule has 0 fully saturated rings. The largest absolute Gasteiger partial charge is 0.496 e. The summed E-state index contributed by atoms with van der Waals surface area (Å²) in [6.45, 7) is 1.36. The molecule has 0 radical (unpaired) electrons. The molecule has 1 aromatic heterocycles. The Hall–Kier alpha value is -5.54. The highest BCUT2D eigenvalue weighted by Crippen LogP contribution is 2.31. The lowest BCUT2D eigenvalue weighted by Crippen LogP contribution is -2.37. The molecule has 1 aliphatic rings. The van der Waals surface area contributed by atoms with Crippen LogP contribution in [0.1, 0.15) is 27.2 Å². The maximum Gasteiger partial charge on any atom is 0.272 e. The predicted octanol–water partition coefficient (Wildman–Crippen LogP) is 7.04. The minimum absolute atomic E-state index is 0.00642. The van der Waals surface area contributed by atoms with Crippen LogP contribution in [0, 0.1) is 0 Å². The van der Waals surface area contributed by atoms with Crippen molar-refractivity contribution in [3.05, 3.63) is 143 Å². The summed E-state index contributed by atoms with van der Waals surface area (Å²) in [6.07, 6.45) is 2.36. The second-order valence-corrected chi connectivity index (χ2v) is 11.9. The third kappa shape index (κ3) is 7.82. The Kier molecular flexibility index (Phi) is 9.84. The second-order valence-electron chi connectivity index (χ2n) is 10.9. The molecule has 0 unspecified atom stereocenters. The average Bonchev–Trinajstić information content (AvgIpc) is 3.59. The van der Waals surface area contributed by atoms with E-state index >= 15 is 0 Å². The Morgan fingerprint density at radius 3 is 2.36 bits per heavy atom. The van der Waals surface area contributed by atoms with Crippen LogP contribution in [-0.2, 0) is 22.6 Å². The van der Waals surface area contributed by atoms with Gasteiger partial charge in [0, 0.05) is 35.3 Å². The summed E-state index contributed by atoms with van der Waals surface area (Å²) in [5.41, 5.74) is 4.22. The van der Waals surface area contributed by atoms with Gasteiger partial charge in [-0.05, 0) is 78.2 Å². The molecule has 2 heterocycles. The molecular formula is C38H33N3O5S. The van der Waals surface area contributed by atoms with E-state index in [1.807, 2.05) is 59.5 Å². The minimum Gasteiger partial charge on any atom is -0.496 e. The van der Waals surface area contributed by atoms with Gasteiger partial charge >= 0.3 is 0 Å². The maximum atomic E-state index is 13.5. The van der Waals surface area contributed by atoms with Crippen LogP contribution in [-0.4, -0.2) is 42.0 Å². The standard InChI is InChI=1S/C38H33N3O5S/c1-45-34-14-8-7-13-32(34)35-20-17-30(46-35)23-33(40-37(43)27-10-3-2-4-11-27)38(44)39-29-15-18-31(19-16-29)47-25-36(42)41-22-21-26-9-5-6-12-28(26)24-41/h2-20,23H,21-22,24-25H2,1H3,(H,39,44)(H,40,43)/b33-23-. The topological polar surface area (TPSA) is 101 Å². The van der Waals surface area contributed by atoms with Crippen LogP contribution < -0.4 is 15.4 Å². The van der Waals surface area contributed by atoms with Crippen molar-refractivity contribution < 1.29 is 23.5 Å². The number of benzene rings is 4. The number of carbonyl (C=O) groups is 3. The van der Waals surface area contributed by atoms with E-state index < -0.39 is 11.8 Å². The molecular weight excluding hydrogens is 611 g/mol. The summed E-state index contributed by atoms with van der Waals surface area (Å²) >= 11 is 1.45. The lowest BCUT2D eigenvalue weighted by molar-refractivity contribution is -0.129. The number of anilines is 1. The highest BCUT2D eigenvalue weighted by atomic mass is 32.2. The molecule has 3 amide bonds. The molecule has 0 aliphatic carbocycles. The third-order valence-corrected chi connectivity index (χ3v) is 8.77. The number of thioether (sulfide) groups is 1. The zero-order chi connectivity index (χ0) is 32.6. The Labute approximate surface area is 277 Å². The van der Waals surface area contributed by atoms with E-state index in [9.17, 15) is 14.4 Å². The molecule has 0 atom stereocenters. The molecule has 0 saturated heterocycles. The first-order chi connectivity index (χ1) is 23.0. The normalized spacial score (nSPS) is 12.6. The van der Waals surface area contributed by atoms with Crippen LogP contribution in [0.25, 0.3) is 17.4 Å². The van der Waals surface area contributed by atoms with Crippen LogP contribution in [0.5, 0.6) is 5.75 Å². The van der Waals surface area contributed by atoms with Gasteiger partial charge in [-0.3, -0.25) is 14.4 Å². The van der Waals surface area contributed by atoms with Crippen molar-refractivity contribution in [2.45, 2.75) is 17.9 Å². The van der Waals surface area contributed by atoms with Crippen molar-refractivity contribution in [3.8, 4) is 17.1 Å². The van der Waals surface area contributed by atoms with Crippen LogP contribution in [0.4, 0.5) is 5.69 Å². The van der Waals surface area contributed by atoms with Gasteiger partial charge in [0.25, 0.3) is 11.8 Å². The van der Waals surface area contributed by atoms with Gasteiger partial charge in [0.05, 0.1) is 18.4 Å². The smallest absolute Gasteiger partial charge is 0.272 e. The van der Waals surface area contributed by atoms with E-state index in [4.69, 9.17) is 9.15 Å². The van der Waals surface area contributed by atoms with Crippen molar-refractivity contribution in [1.82, 2.24) is 10.2 Å². The molecule has 1 aliphatic heterocycles. The molecule has 236 valence electrons. The molecule has 0 saturated carbocycles. The van der Waals surface area contributed by atoms with Gasteiger partial charge in [0.15, 0.2) is 0 Å². The van der Waals surface area contributed by atoms with Gasteiger partial charge in [-0.15, -0.1) is 11.8 Å². The SMILES string of the molecule is COc1ccccc1-c1ccc(/C=C(\NC(=O)c2ccccc2)C(=O)Nc2ccc(SCC(=O)N3CCc4ccccc4C3)cc2)o1. The highest BCUT2D eigenvalue weighted by molar-refractivity contribution is 8.00. The fourth-order valence-electron chi connectivity index (χ4n) is 5.29. The molecule has 6 rings (SSSR count). The number of para-hydroxylation sites is 1. The number of hydrogen-bond donors (Lipinski definition) is 2. The number of carbonyl (C=O) groups excluding carboxylic acids is 3. The number of nitrogens with one attached hydrogen (secondary N) is 2. The average molecular weight is 644 g/mol. The van der Waals surface area contributed by atoms with E-state index in [-0.39, 0.29) is 11.6 Å². The monoisotopic (exact) mass is 643 g/mol. The van der Waals surface area contributed by atoms with Gasteiger partial charge in [-0.1, -0.05) is 54.6 Å². The van der Waals surface area contributed by atoms with E-state index in [1.54, 1.807) is 55.6 Å². The number of amides is 3. The van der Waals surface area contributed by atoms with E-state index in [0.29, 0.717) is 40.8 Å². The summed E-state index contributed by atoms with van der Waals surface area (Å²) in [6, 6.07) is 35.1. The van der Waals surface area contributed by atoms with Gasteiger partial charge in [-0.25, -0.2) is 0 Å². The zero-order valence-corrected chi connectivity index (χ0v) is 26.6. The first-order valence-corrected chi connectivity index (χ1v) is 16.2. The summed E-state index contributed by atoms with van der Waals surface area (Å²) in [5, 5.41) is 5.60. The van der Waals surface area contributed by atoms with Crippen molar-refractivity contribution in [2.24, 2.45) is 0 Å². The van der Waals surface area contributed by atoms with Gasteiger partial charge in [-0.2, -0.15) is 0 Å². The van der Waals surface area contributed by atoms with Crippen molar-refractivity contribution in [1.29, 1.82) is 0 Å². The third-order valence-electron chi connectivity index (χ3n) is 7.77. The summed E-state index contributed by atoms with van der Waals surface area (Å²) in [5.74, 6) is 1.04. The lowest BCUT2D eigenvalue weighted by atomic mass is 10.00. The Bertz CT molecular complexity index is 1920. The number of fused-ring (bicyclic) bond motifs is 1. The molecule has 0 spiro atoms. The summed E-state index contributed by atoms with van der Waals surface area (Å²) in [4.78, 5) is 42.3. The van der Waals surface area contributed by atoms with Crippen LogP contribution >= 0.6 is 11.8 Å². The van der Waals surface area contributed by atoms with E-state index in [1.165, 1.54) is 29.0 Å². The Morgan fingerprint density at radius 1 is 0.851 bits per heavy atom. The Balaban J connectivity index is 1.13. The molecule has 9 heteroatoms. The van der Waals surface area contributed by atoms with Crippen LogP contribution in [0.15, 0.2) is 130 Å². The van der Waals surface area contributed by atoms with Gasteiger partial charge in [0.1, 0.15) is 23.0 Å². The first-order valence-electron chi connectivity index (χ1n) is 15.2. The van der Waals surface area contributed by atoms with Crippen molar-refractivity contribution in [3.63, 3.8) is 0 Å². The predicted molar refractivity (Wildman–Crippen MR) is 184 cm³/mol. The Morgan fingerprint density at radius 2 is 1.57 bits per heavy atom. The molecule has 4 aromatic carbocycles. The zero-order valence-electron chi connectivity index (χ0n) is 25.8. The molecule has 47 heavy (non-hydrogen) atoms. The number of rotatable bonds is 10. The number of ether oxygens (including phenoxy) is 1. The van der Waals surface area contributed by atoms with Crippen molar-refractivity contribution >= 4 is 41.2 Å². The van der Waals surface area contributed by atoms with Crippen LogP contribution in [0.3, 0.4) is 0 Å². The van der Waals surface area contributed by atoms with Crippen molar-refractivity contribution in [2.75, 3.05) is 24.7 Å². The molecule has 8 nitrogen and oxygen atoms in total. The lowest BCUT2D eigenvalue weighted by Gasteiger charge is -2.28. The number of nitrogens with zero attached hydrogens (tertiary/aromatic N) is 1. The number of furan rings is 1. The van der Waals surface area contributed by atoms with Crippen LogP contribution in [0.2, 0.25) is 0 Å². The summed E-state index contributed by atoms with van der Waals surface area (Å²) < 4.78 is 11.5. The molecule has 2 N–H and O–H groups in total. The van der Waals surface area contributed by atoms with E-state index in [0.717, 1.165) is 23.4 Å². The minimum atomic E-state index is -0.523. The van der Waals surface area contributed by atoms with E-state index in [2.05, 4.69) is 22.8 Å². The summed E-state index contributed by atoms with van der Waals surface area (Å²) in [7, 11) is 1.59.